The van der Waals surface area contributed by atoms with E-state index in [1.807, 2.05) is 13.8 Å². The van der Waals surface area contributed by atoms with Crippen LogP contribution in [0.25, 0.3) is 0 Å². The van der Waals surface area contributed by atoms with Gasteiger partial charge in [0.15, 0.2) is 0 Å². The lowest BCUT2D eigenvalue weighted by Crippen LogP contribution is -2.51. The largest absolute Gasteiger partial charge is 0.384 e. The molecule has 1 saturated heterocycles. The van der Waals surface area contributed by atoms with Gasteiger partial charge in [0, 0.05) is 37.9 Å². The van der Waals surface area contributed by atoms with Crippen molar-refractivity contribution in [1.82, 2.24) is 15.5 Å². The number of aliphatic hydroxyl groups is 1. The van der Waals surface area contributed by atoms with E-state index in [1.165, 1.54) is 13.8 Å². The monoisotopic (exact) mass is 311 g/mol. The highest BCUT2D eigenvalue weighted by molar-refractivity contribution is 5.87. The van der Waals surface area contributed by atoms with Gasteiger partial charge in [-0.3, -0.25) is 14.4 Å². The van der Waals surface area contributed by atoms with Crippen LogP contribution in [-0.4, -0.2) is 59.0 Å². The molecular formula is C15H25N3O4. The standard InChI is InChI=1S/C15H25N3O4/c1-7(2)12(16-9(4)20)14(21)17-13-10-5-18(6-11(10)13)15(22)8(3)19/h7-8,10-13,19H,5-6H2,1-4H3,(H,16,20)(H,17,21)/t8?,10-,11+,12?,13?. The SMILES string of the molecule is CC(=O)NC(C(=O)NC1[C@H]2CN(C(=O)C(C)O)C[C@@H]12)C(C)C. The van der Waals surface area contributed by atoms with Gasteiger partial charge in [0.1, 0.15) is 12.1 Å². The maximum atomic E-state index is 12.3. The fourth-order valence-electron chi connectivity index (χ4n) is 3.19. The van der Waals surface area contributed by atoms with Crippen LogP contribution in [0.5, 0.6) is 0 Å². The number of carbonyl (C=O) groups is 3. The van der Waals surface area contributed by atoms with E-state index in [0.29, 0.717) is 13.1 Å². The molecule has 0 bridgehead atoms. The van der Waals surface area contributed by atoms with Gasteiger partial charge in [-0.2, -0.15) is 0 Å². The molecule has 0 aromatic rings. The van der Waals surface area contributed by atoms with Crippen molar-refractivity contribution in [2.24, 2.45) is 17.8 Å². The average Bonchev–Trinajstić information content (AvgIpc) is 2.86. The molecule has 1 aliphatic heterocycles. The van der Waals surface area contributed by atoms with E-state index in [-0.39, 0.29) is 41.5 Å². The van der Waals surface area contributed by atoms with Gasteiger partial charge >= 0.3 is 0 Å². The van der Waals surface area contributed by atoms with Gasteiger partial charge in [-0.1, -0.05) is 13.8 Å². The molecule has 7 heteroatoms. The number of amides is 3. The fourth-order valence-corrected chi connectivity index (χ4v) is 3.19. The number of aliphatic hydroxyl groups excluding tert-OH is 1. The van der Waals surface area contributed by atoms with E-state index >= 15 is 0 Å². The number of nitrogens with zero attached hydrogens (tertiary/aromatic N) is 1. The third kappa shape index (κ3) is 3.40. The quantitative estimate of drug-likeness (QED) is 0.613. The zero-order chi connectivity index (χ0) is 16.6. The van der Waals surface area contributed by atoms with Crippen molar-refractivity contribution in [3.05, 3.63) is 0 Å². The molecule has 1 aliphatic carbocycles. The minimum atomic E-state index is -0.976. The average molecular weight is 311 g/mol. The number of hydrogen-bond donors (Lipinski definition) is 3. The maximum Gasteiger partial charge on any atom is 0.251 e. The number of fused-ring (bicyclic) bond motifs is 1. The van der Waals surface area contributed by atoms with E-state index in [1.54, 1.807) is 4.90 Å². The molecule has 5 atom stereocenters. The molecular weight excluding hydrogens is 286 g/mol. The van der Waals surface area contributed by atoms with Gasteiger partial charge in [0.2, 0.25) is 11.8 Å². The van der Waals surface area contributed by atoms with Crippen molar-refractivity contribution in [2.75, 3.05) is 13.1 Å². The third-order valence-electron chi connectivity index (χ3n) is 4.48. The molecule has 1 saturated carbocycles. The molecule has 0 radical (unpaired) electrons. The Morgan fingerprint density at radius 3 is 2.09 bits per heavy atom. The van der Waals surface area contributed by atoms with E-state index in [2.05, 4.69) is 10.6 Å². The minimum absolute atomic E-state index is 0.0100. The predicted octanol–water partition coefficient (Wildman–Crippen LogP) is -0.899. The second-order valence-electron chi connectivity index (χ2n) is 6.70. The first-order chi connectivity index (χ1) is 10.2. The van der Waals surface area contributed by atoms with Gasteiger partial charge in [0.05, 0.1) is 0 Å². The molecule has 2 aliphatic rings. The van der Waals surface area contributed by atoms with Crippen molar-refractivity contribution in [3.63, 3.8) is 0 Å². The number of hydrogen-bond acceptors (Lipinski definition) is 4. The molecule has 3 amide bonds. The molecule has 3 unspecified atom stereocenters. The molecule has 0 spiro atoms. The van der Waals surface area contributed by atoms with Crippen LogP contribution in [0.15, 0.2) is 0 Å². The zero-order valence-electron chi connectivity index (χ0n) is 13.5. The highest BCUT2D eigenvalue weighted by Crippen LogP contribution is 2.45. The first-order valence-corrected chi connectivity index (χ1v) is 7.76. The van der Waals surface area contributed by atoms with Gasteiger partial charge in [-0.15, -0.1) is 0 Å². The van der Waals surface area contributed by atoms with Crippen molar-refractivity contribution in [2.45, 2.75) is 45.9 Å². The summed E-state index contributed by atoms with van der Waals surface area (Å²) in [5.41, 5.74) is 0. The number of piperidine rings is 1. The fraction of sp³-hybridized carbons (Fsp3) is 0.800. The highest BCUT2D eigenvalue weighted by Gasteiger charge is 2.57. The Hall–Kier alpha value is -1.63. The molecule has 3 N–H and O–H groups in total. The van der Waals surface area contributed by atoms with Crippen molar-refractivity contribution < 1.29 is 19.5 Å². The topological polar surface area (TPSA) is 98.7 Å². The van der Waals surface area contributed by atoms with E-state index in [4.69, 9.17) is 0 Å². The Kier molecular flexibility index (Phi) is 4.75. The Morgan fingerprint density at radius 2 is 1.68 bits per heavy atom. The Bertz CT molecular complexity index is 465. The summed E-state index contributed by atoms with van der Waals surface area (Å²) >= 11 is 0. The van der Waals surface area contributed by atoms with E-state index in [0.717, 1.165) is 0 Å². The van der Waals surface area contributed by atoms with Crippen LogP contribution in [0, 0.1) is 17.8 Å². The second kappa shape index (κ2) is 6.24. The summed E-state index contributed by atoms with van der Waals surface area (Å²) in [6.07, 6.45) is -0.976. The molecule has 124 valence electrons. The number of nitrogens with one attached hydrogen (secondary N) is 2. The Morgan fingerprint density at radius 1 is 1.14 bits per heavy atom. The van der Waals surface area contributed by atoms with Gasteiger partial charge in [-0.25, -0.2) is 0 Å². The molecule has 2 fully saturated rings. The Balaban J connectivity index is 1.84. The number of carbonyl (C=O) groups excluding carboxylic acids is 3. The summed E-state index contributed by atoms with van der Waals surface area (Å²) in [5.74, 6) is -0.114. The van der Waals surface area contributed by atoms with Crippen LogP contribution in [0.2, 0.25) is 0 Å². The lowest BCUT2D eigenvalue weighted by Gasteiger charge is -2.24. The summed E-state index contributed by atoms with van der Waals surface area (Å²) in [7, 11) is 0. The summed E-state index contributed by atoms with van der Waals surface area (Å²) < 4.78 is 0. The minimum Gasteiger partial charge on any atom is -0.384 e. The van der Waals surface area contributed by atoms with Crippen LogP contribution in [0.1, 0.15) is 27.7 Å². The molecule has 1 heterocycles. The molecule has 2 rings (SSSR count). The van der Waals surface area contributed by atoms with Crippen LogP contribution in [0.3, 0.4) is 0 Å². The Labute approximate surface area is 130 Å². The molecule has 0 aromatic heterocycles. The van der Waals surface area contributed by atoms with Crippen molar-refractivity contribution in [1.29, 1.82) is 0 Å². The molecule has 7 nitrogen and oxygen atoms in total. The highest BCUT2D eigenvalue weighted by atomic mass is 16.3. The van der Waals surface area contributed by atoms with E-state index < -0.39 is 12.1 Å². The van der Waals surface area contributed by atoms with Crippen LogP contribution in [0.4, 0.5) is 0 Å². The van der Waals surface area contributed by atoms with Gasteiger partial charge < -0.3 is 20.6 Å². The first kappa shape index (κ1) is 16.7. The van der Waals surface area contributed by atoms with Crippen LogP contribution in [-0.2, 0) is 14.4 Å². The van der Waals surface area contributed by atoms with Crippen LogP contribution >= 0.6 is 0 Å². The second-order valence-corrected chi connectivity index (χ2v) is 6.70. The van der Waals surface area contributed by atoms with Crippen molar-refractivity contribution in [3.8, 4) is 0 Å². The maximum absolute atomic E-state index is 12.3. The lowest BCUT2D eigenvalue weighted by atomic mass is 10.0. The number of likely N-dealkylation sites (tertiary alicyclic amines) is 1. The third-order valence-corrected chi connectivity index (χ3v) is 4.48. The normalized spacial score (nSPS) is 28.8. The van der Waals surface area contributed by atoms with Crippen LogP contribution < -0.4 is 10.6 Å². The molecule has 0 aromatic carbocycles. The van der Waals surface area contributed by atoms with Gasteiger partial charge in [0.25, 0.3) is 5.91 Å². The summed E-state index contributed by atoms with van der Waals surface area (Å²) in [6.45, 7) is 7.78. The predicted molar refractivity (Wildman–Crippen MR) is 79.6 cm³/mol. The van der Waals surface area contributed by atoms with Crippen molar-refractivity contribution >= 4 is 17.7 Å². The lowest BCUT2D eigenvalue weighted by molar-refractivity contribution is -0.138. The van der Waals surface area contributed by atoms with E-state index in [9.17, 15) is 19.5 Å². The summed E-state index contributed by atoms with van der Waals surface area (Å²) in [5, 5.41) is 15.0. The summed E-state index contributed by atoms with van der Waals surface area (Å²) in [6, 6.07) is -0.463. The summed E-state index contributed by atoms with van der Waals surface area (Å²) in [4.78, 5) is 36.8. The first-order valence-electron chi connectivity index (χ1n) is 7.76. The number of rotatable bonds is 5. The molecule has 22 heavy (non-hydrogen) atoms. The smallest absolute Gasteiger partial charge is 0.251 e. The van der Waals surface area contributed by atoms with Gasteiger partial charge in [-0.05, 0) is 12.8 Å². The zero-order valence-corrected chi connectivity index (χ0v) is 13.5.